The molecule has 0 atom stereocenters. The molecule has 1 aromatic carbocycles. The smallest absolute Gasteiger partial charge is 0.319 e. The van der Waals surface area contributed by atoms with Gasteiger partial charge in [0.1, 0.15) is 11.1 Å². The van der Waals surface area contributed by atoms with Gasteiger partial charge in [-0.15, -0.1) is 11.8 Å². The van der Waals surface area contributed by atoms with Gasteiger partial charge in [0, 0.05) is 23.5 Å². The largest absolute Gasteiger partial charge is 0.480 e. The van der Waals surface area contributed by atoms with Gasteiger partial charge in [-0.25, -0.2) is 9.97 Å². The Hall–Kier alpha value is -2.54. The second kappa shape index (κ2) is 5.92. The van der Waals surface area contributed by atoms with Gasteiger partial charge in [-0.05, 0) is 19.9 Å². The third-order valence-electron chi connectivity index (χ3n) is 3.45. The van der Waals surface area contributed by atoms with Crippen molar-refractivity contribution in [3.05, 3.63) is 42.5 Å². The molecular formula is C16H16N4O2S. The van der Waals surface area contributed by atoms with Crippen molar-refractivity contribution in [3.8, 4) is 11.3 Å². The Bertz CT molecular complexity index is 789. The zero-order chi connectivity index (χ0) is 16.4. The number of para-hydroxylation sites is 1. The number of aromatic nitrogens is 2. The molecule has 1 aliphatic rings. The summed E-state index contributed by atoms with van der Waals surface area (Å²) in [5, 5.41) is 9.36. The van der Waals surface area contributed by atoms with Gasteiger partial charge in [0.25, 0.3) is 0 Å². The zero-order valence-corrected chi connectivity index (χ0v) is 13.5. The number of hydrogen-bond donors (Lipinski definition) is 3. The SMILES string of the molecule is CC(C)(Sc1cncnc1-c1cccc2c1NNC=C2)C(=O)O. The molecule has 0 aliphatic carbocycles. The van der Waals surface area contributed by atoms with Crippen LogP contribution in [0.3, 0.4) is 0 Å². The Kier molecular flexibility index (Phi) is 3.96. The van der Waals surface area contributed by atoms with Crippen LogP contribution in [0.15, 0.2) is 41.8 Å². The second-order valence-corrected chi connectivity index (χ2v) is 7.19. The lowest BCUT2D eigenvalue weighted by Crippen LogP contribution is -2.27. The third kappa shape index (κ3) is 3.00. The number of aliphatic carboxylic acids is 1. The number of nitrogens with one attached hydrogen (secondary N) is 2. The first-order chi connectivity index (χ1) is 11.0. The van der Waals surface area contributed by atoms with Gasteiger partial charge in [-0.1, -0.05) is 18.2 Å². The molecule has 3 N–H and O–H groups in total. The number of anilines is 1. The summed E-state index contributed by atoms with van der Waals surface area (Å²) in [6, 6.07) is 5.90. The normalized spacial score (nSPS) is 13.0. The van der Waals surface area contributed by atoms with Crippen LogP contribution in [0.2, 0.25) is 0 Å². The summed E-state index contributed by atoms with van der Waals surface area (Å²) in [6.45, 7) is 3.33. The van der Waals surface area contributed by atoms with Gasteiger partial charge < -0.3 is 16.0 Å². The molecule has 6 nitrogen and oxygen atoms in total. The van der Waals surface area contributed by atoms with Crippen LogP contribution in [0, 0.1) is 0 Å². The van der Waals surface area contributed by atoms with Crippen LogP contribution in [0.1, 0.15) is 19.4 Å². The molecule has 118 valence electrons. The molecule has 0 amide bonds. The van der Waals surface area contributed by atoms with Crippen LogP contribution in [-0.4, -0.2) is 25.8 Å². The molecule has 0 bridgehead atoms. The van der Waals surface area contributed by atoms with Crippen molar-refractivity contribution in [1.82, 2.24) is 15.4 Å². The number of nitrogens with zero attached hydrogens (tertiary/aromatic N) is 2. The number of carboxylic acids is 1. The molecule has 1 aliphatic heterocycles. The predicted octanol–water partition coefficient (Wildman–Crippen LogP) is 3.00. The van der Waals surface area contributed by atoms with Crippen molar-refractivity contribution in [3.63, 3.8) is 0 Å². The van der Waals surface area contributed by atoms with E-state index in [1.807, 2.05) is 30.5 Å². The first-order valence-electron chi connectivity index (χ1n) is 7.03. The van der Waals surface area contributed by atoms with Gasteiger partial charge in [0.05, 0.1) is 16.3 Å². The highest BCUT2D eigenvalue weighted by Gasteiger charge is 2.30. The maximum Gasteiger partial charge on any atom is 0.319 e. The lowest BCUT2D eigenvalue weighted by atomic mass is 10.0. The van der Waals surface area contributed by atoms with Crippen LogP contribution in [-0.2, 0) is 4.79 Å². The van der Waals surface area contributed by atoms with Crippen molar-refractivity contribution in [2.75, 3.05) is 5.43 Å². The van der Waals surface area contributed by atoms with Crippen molar-refractivity contribution in [1.29, 1.82) is 0 Å². The lowest BCUT2D eigenvalue weighted by molar-refractivity contribution is -0.138. The van der Waals surface area contributed by atoms with Crippen LogP contribution in [0.25, 0.3) is 17.3 Å². The molecule has 0 radical (unpaired) electrons. The molecule has 0 spiro atoms. The minimum atomic E-state index is -0.972. The van der Waals surface area contributed by atoms with E-state index < -0.39 is 10.7 Å². The lowest BCUT2D eigenvalue weighted by Gasteiger charge is -2.22. The molecule has 3 rings (SSSR count). The van der Waals surface area contributed by atoms with E-state index in [-0.39, 0.29) is 0 Å². The van der Waals surface area contributed by atoms with Crippen molar-refractivity contribution < 1.29 is 9.90 Å². The molecule has 7 heteroatoms. The highest BCUT2D eigenvalue weighted by atomic mass is 32.2. The van der Waals surface area contributed by atoms with Gasteiger partial charge in [0.2, 0.25) is 0 Å². The summed E-state index contributed by atoms with van der Waals surface area (Å²) < 4.78 is -0.972. The summed E-state index contributed by atoms with van der Waals surface area (Å²) in [6.07, 6.45) is 6.90. The van der Waals surface area contributed by atoms with Gasteiger partial charge >= 0.3 is 5.97 Å². The summed E-state index contributed by atoms with van der Waals surface area (Å²) in [5.74, 6) is -0.880. The Morgan fingerprint density at radius 1 is 1.35 bits per heavy atom. The number of thioether (sulfide) groups is 1. The van der Waals surface area contributed by atoms with E-state index in [0.29, 0.717) is 5.69 Å². The molecule has 23 heavy (non-hydrogen) atoms. The first-order valence-corrected chi connectivity index (χ1v) is 7.84. The van der Waals surface area contributed by atoms with Crippen molar-refractivity contribution >= 4 is 29.5 Å². The predicted molar refractivity (Wildman–Crippen MR) is 90.8 cm³/mol. The Balaban J connectivity index is 2.09. The summed E-state index contributed by atoms with van der Waals surface area (Å²) >= 11 is 1.24. The average molecular weight is 328 g/mol. The third-order valence-corrected chi connectivity index (χ3v) is 4.66. The Morgan fingerprint density at radius 2 is 2.17 bits per heavy atom. The minimum Gasteiger partial charge on any atom is -0.480 e. The fraction of sp³-hybridized carbons (Fsp3) is 0.188. The highest BCUT2D eigenvalue weighted by molar-refractivity contribution is 8.01. The number of hydrogen-bond acceptors (Lipinski definition) is 6. The number of hydrazine groups is 1. The monoisotopic (exact) mass is 328 g/mol. The number of fused-ring (bicyclic) bond motifs is 1. The molecule has 0 saturated carbocycles. The maximum atomic E-state index is 11.4. The first kappa shape index (κ1) is 15.4. The molecule has 0 unspecified atom stereocenters. The fourth-order valence-corrected chi connectivity index (χ4v) is 3.21. The highest BCUT2D eigenvalue weighted by Crippen LogP contribution is 2.40. The van der Waals surface area contributed by atoms with Crippen LogP contribution in [0.4, 0.5) is 5.69 Å². The van der Waals surface area contributed by atoms with Crippen LogP contribution in [0.5, 0.6) is 0 Å². The molecule has 0 saturated heterocycles. The Morgan fingerprint density at radius 3 is 2.96 bits per heavy atom. The Labute approximate surface area is 138 Å². The number of benzene rings is 1. The number of rotatable bonds is 4. The minimum absolute atomic E-state index is 0.709. The van der Waals surface area contributed by atoms with Gasteiger partial charge in [0.15, 0.2) is 0 Å². The van der Waals surface area contributed by atoms with Gasteiger partial charge in [-0.3, -0.25) is 4.79 Å². The molecular weight excluding hydrogens is 312 g/mol. The summed E-state index contributed by atoms with van der Waals surface area (Å²) in [7, 11) is 0. The molecule has 2 aromatic rings. The van der Waals surface area contributed by atoms with E-state index in [2.05, 4.69) is 20.8 Å². The van der Waals surface area contributed by atoms with Crippen molar-refractivity contribution in [2.45, 2.75) is 23.5 Å². The standard InChI is InChI=1S/C16H16N4O2S/c1-16(2,15(21)22)23-12-8-17-9-18-14(12)11-5-3-4-10-6-7-19-20-13(10)11/h3-9,19-20H,1-2H3,(H,21,22). The zero-order valence-electron chi connectivity index (χ0n) is 12.7. The van der Waals surface area contributed by atoms with E-state index in [1.165, 1.54) is 18.1 Å². The van der Waals surface area contributed by atoms with Crippen molar-refractivity contribution in [2.24, 2.45) is 0 Å². The van der Waals surface area contributed by atoms with E-state index in [1.54, 1.807) is 20.0 Å². The fourth-order valence-electron chi connectivity index (χ4n) is 2.20. The molecule has 0 fully saturated rings. The van der Waals surface area contributed by atoms with E-state index >= 15 is 0 Å². The average Bonchev–Trinajstić information content (AvgIpc) is 2.54. The van der Waals surface area contributed by atoms with Crippen LogP contribution >= 0.6 is 11.8 Å². The van der Waals surface area contributed by atoms with E-state index in [0.717, 1.165) is 21.7 Å². The summed E-state index contributed by atoms with van der Waals surface area (Å²) in [5.41, 5.74) is 9.63. The van der Waals surface area contributed by atoms with Crippen LogP contribution < -0.4 is 10.9 Å². The van der Waals surface area contributed by atoms with Gasteiger partial charge in [-0.2, -0.15) is 0 Å². The number of carboxylic acid groups (broad SMARTS) is 1. The van der Waals surface area contributed by atoms with E-state index in [4.69, 9.17) is 0 Å². The van der Waals surface area contributed by atoms with E-state index in [9.17, 15) is 9.90 Å². The topological polar surface area (TPSA) is 87.1 Å². The quantitative estimate of drug-likeness (QED) is 0.744. The summed E-state index contributed by atoms with van der Waals surface area (Å²) in [4.78, 5) is 20.6. The molecule has 2 heterocycles. The second-order valence-electron chi connectivity index (χ2n) is 5.53. The number of carbonyl (C=O) groups is 1. The molecule has 1 aromatic heterocycles. The maximum absolute atomic E-state index is 11.4.